The van der Waals surface area contributed by atoms with E-state index in [-0.39, 0.29) is 5.91 Å². The Morgan fingerprint density at radius 1 is 1.11 bits per heavy atom. The van der Waals surface area contributed by atoms with Gasteiger partial charge in [0.1, 0.15) is 5.82 Å². The Morgan fingerprint density at radius 2 is 1.85 bits per heavy atom. The van der Waals surface area contributed by atoms with Crippen molar-refractivity contribution < 1.29 is 14.3 Å². The summed E-state index contributed by atoms with van der Waals surface area (Å²) < 4.78 is 13.4. The topological polar surface area (TPSA) is 65.4 Å². The van der Waals surface area contributed by atoms with Gasteiger partial charge in [0.2, 0.25) is 5.91 Å². The van der Waals surface area contributed by atoms with Crippen molar-refractivity contribution in [2.45, 2.75) is 26.3 Å². The van der Waals surface area contributed by atoms with E-state index in [1.807, 2.05) is 42.5 Å². The number of para-hydroxylation sites is 4. The molecule has 1 amide bonds. The van der Waals surface area contributed by atoms with Gasteiger partial charge in [-0.05, 0) is 30.7 Å². The molecular weight excluding hydrogens is 342 g/mol. The summed E-state index contributed by atoms with van der Waals surface area (Å²) in [6.07, 6.45) is 1.53. The zero-order valence-electron chi connectivity index (χ0n) is 15.8. The van der Waals surface area contributed by atoms with E-state index in [1.54, 1.807) is 7.11 Å². The first-order valence-electron chi connectivity index (χ1n) is 9.13. The number of carbonyl (C=O) groups excluding carboxylic acids is 1. The molecule has 0 atom stereocenters. The highest BCUT2D eigenvalue weighted by molar-refractivity contribution is 5.76. The lowest BCUT2D eigenvalue weighted by Gasteiger charge is -2.12. The quantitative estimate of drug-likeness (QED) is 0.590. The Bertz CT molecular complexity index is 905. The molecule has 1 N–H and O–H groups in total. The van der Waals surface area contributed by atoms with Crippen LogP contribution in [-0.2, 0) is 17.8 Å². The molecule has 142 valence electrons. The number of methoxy groups -OCH3 is 1. The lowest BCUT2D eigenvalue weighted by Crippen LogP contribution is -2.23. The maximum absolute atomic E-state index is 11.1. The molecule has 1 aromatic heterocycles. The molecule has 0 fully saturated rings. The van der Waals surface area contributed by atoms with Crippen molar-refractivity contribution in [2.24, 2.45) is 0 Å². The molecule has 0 saturated heterocycles. The lowest BCUT2D eigenvalue weighted by molar-refractivity contribution is -0.118. The van der Waals surface area contributed by atoms with Crippen LogP contribution in [0.4, 0.5) is 0 Å². The fraction of sp³-hybridized carbons (Fsp3) is 0.333. The van der Waals surface area contributed by atoms with Gasteiger partial charge in [0, 0.05) is 26.4 Å². The number of imidazole rings is 1. The van der Waals surface area contributed by atoms with Crippen LogP contribution in [0.5, 0.6) is 11.5 Å². The van der Waals surface area contributed by atoms with Crippen LogP contribution in [0.2, 0.25) is 0 Å². The van der Waals surface area contributed by atoms with E-state index in [0.717, 1.165) is 41.3 Å². The summed E-state index contributed by atoms with van der Waals surface area (Å²) in [5.41, 5.74) is 2.08. The van der Waals surface area contributed by atoms with Crippen LogP contribution in [0.3, 0.4) is 0 Å². The van der Waals surface area contributed by atoms with Crippen molar-refractivity contribution in [2.75, 3.05) is 20.3 Å². The Hall–Kier alpha value is -3.02. The summed E-state index contributed by atoms with van der Waals surface area (Å²) in [5, 5.41) is 2.84. The summed E-state index contributed by atoms with van der Waals surface area (Å²) in [6, 6.07) is 15.7. The minimum atomic E-state index is -0.0251. The third-order valence-electron chi connectivity index (χ3n) is 4.31. The predicted octanol–water partition coefficient (Wildman–Crippen LogP) is 3.19. The number of carbonyl (C=O) groups is 1. The number of benzene rings is 2. The molecule has 0 aliphatic carbocycles. The summed E-state index contributed by atoms with van der Waals surface area (Å²) in [6.45, 7) is 3.48. The van der Waals surface area contributed by atoms with Crippen molar-refractivity contribution in [3.05, 3.63) is 54.4 Å². The average Bonchev–Trinajstić information content (AvgIpc) is 3.02. The summed E-state index contributed by atoms with van der Waals surface area (Å²) in [4.78, 5) is 15.8. The van der Waals surface area contributed by atoms with E-state index in [1.165, 1.54) is 6.92 Å². The zero-order valence-corrected chi connectivity index (χ0v) is 15.8. The van der Waals surface area contributed by atoms with Crippen LogP contribution >= 0.6 is 0 Å². The van der Waals surface area contributed by atoms with Crippen molar-refractivity contribution in [3.8, 4) is 11.5 Å². The van der Waals surface area contributed by atoms with Crippen LogP contribution in [0.15, 0.2) is 48.5 Å². The number of nitrogens with one attached hydrogen (secondary N) is 1. The van der Waals surface area contributed by atoms with E-state index >= 15 is 0 Å². The van der Waals surface area contributed by atoms with Gasteiger partial charge in [-0.3, -0.25) is 4.79 Å². The van der Waals surface area contributed by atoms with Crippen LogP contribution < -0.4 is 14.8 Å². The van der Waals surface area contributed by atoms with E-state index in [4.69, 9.17) is 14.5 Å². The standard InChI is InChI=1S/C21H25N3O3/c1-16(25)22-13-12-21-23-17-8-3-4-9-18(17)24(21)14-7-15-27-20-11-6-5-10-19(20)26-2/h3-6,8-11H,7,12-15H2,1-2H3,(H,22,25). The normalized spacial score (nSPS) is 10.7. The smallest absolute Gasteiger partial charge is 0.216 e. The predicted molar refractivity (Wildman–Crippen MR) is 105 cm³/mol. The molecule has 0 spiro atoms. The van der Waals surface area contributed by atoms with Crippen LogP contribution in [0, 0.1) is 0 Å². The number of aromatic nitrogens is 2. The fourth-order valence-corrected chi connectivity index (χ4v) is 3.06. The minimum Gasteiger partial charge on any atom is -0.493 e. The molecule has 2 aromatic carbocycles. The number of amides is 1. The second-order valence-corrected chi connectivity index (χ2v) is 6.25. The second kappa shape index (κ2) is 9.07. The molecule has 0 bridgehead atoms. The molecule has 6 nitrogen and oxygen atoms in total. The Balaban J connectivity index is 1.65. The Kier molecular flexibility index (Phi) is 6.30. The summed E-state index contributed by atoms with van der Waals surface area (Å²) >= 11 is 0. The highest BCUT2D eigenvalue weighted by Crippen LogP contribution is 2.26. The zero-order chi connectivity index (χ0) is 19.1. The number of fused-ring (bicyclic) bond motifs is 1. The number of rotatable bonds is 9. The van der Waals surface area contributed by atoms with Crippen LogP contribution in [0.25, 0.3) is 11.0 Å². The molecule has 1 heterocycles. The van der Waals surface area contributed by atoms with Gasteiger partial charge in [0.25, 0.3) is 0 Å². The highest BCUT2D eigenvalue weighted by Gasteiger charge is 2.10. The first-order valence-corrected chi connectivity index (χ1v) is 9.13. The van der Waals surface area contributed by atoms with Gasteiger partial charge in [-0.25, -0.2) is 4.98 Å². The molecule has 27 heavy (non-hydrogen) atoms. The highest BCUT2D eigenvalue weighted by atomic mass is 16.5. The largest absolute Gasteiger partial charge is 0.493 e. The van der Waals surface area contributed by atoms with Crippen molar-refractivity contribution >= 4 is 16.9 Å². The first kappa shape index (κ1) is 18.8. The van der Waals surface area contributed by atoms with E-state index in [0.29, 0.717) is 19.6 Å². The van der Waals surface area contributed by atoms with E-state index in [9.17, 15) is 4.79 Å². The average molecular weight is 367 g/mol. The van der Waals surface area contributed by atoms with Gasteiger partial charge in [-0.2, -0.15) is 0 Å². The van der Waals surface area contributed by atoms with Crippen molar-refractivity contribution in [3.63, 3.8) is 0 Å². The van der Waals surface area contributed by atoms with Gasteiger partial charge in [-0.1, -0.05) is 24.3 Å². The van der Waals surface area contributed by atoms with Gasteiger partial charge < -0.3 is 19.4 Å². The molecular formula is C21H25N3O3. The first-order chi connectivity index (χ1) is 13.2. The van der Waals surface area contributed by atoms with Crippen LogP contribution in [-0.4, -0.2) is 35.7 Å². The van der Waals surface area contributed by atoms with Crippen molar-refractivity contribution in [1.29, 1.82) is 0 Å². The molecule has 0 saturated carbocycles. The van der Waals surface area contributed by atoms with Crippen LogP contribution in [0.1, 0.15) is 19.2 Å². The van der Waals surface area contributed by atoms with E-state index in [2.05, 4.69) is 16.0 Å². The molecule has 3 aromatic rings. The third kappa shape index (κ3) is 4.78. The molecule has 0 unspecified atom stereocenters. The lowest BCUT2D eigenvalue weighted by atomic mass is 10.3. The minimum absolute atomic E-state index is 0.0251. The van der Waals surface area contributed by atoms with Gasteiger partial charge in [0.15, 0.2) is 11.5 Å². The third-order valence-corrected chi connectivity index (χ3v) is 4.31. The molecule has 3 rings (SSSR count). The molecule has 0 radical (unpaired) electrons. The molecule has 0 aliphatic rings. The number of nitrogens with zero attached hydrogens (tertiary/aromatic N) is 2. The van der Waals surface area contributed by atoms with Gasteiger partial charge in [0.05, 0.1) is 24.8 Å². The monoisotopic (exact) mass is 367 g/mol. The fourth-order valence-electron chi connectivity index (χ4n) is 3.06. The van der Waals surface area contributed by atoms with Gasteiger partial charge in [-0.15, -0.1) is 0 Å². The second-order valence-electron chi connectivity index (χ2n) is 6.25. The Labute approximate surface area is 159 Å². The number of aryl methyl sites for hydroxylation is 1. The number of hydrogen-bond donors (Lipinski definition) is 1. The molecule has 6 heteroatoms. The SMILES string of the molecule is COc1ccccc1OCCCn1c(CCNC(C)=O)nc2ccccc21. The van der Waals surface area contributed by atoms with E-state index < -0.39 is 0 Å². The summed E-state index contributed by atoms with van der Waals surface area (Å²) in [5.74, 6) is 2.44. The summed E-state index contributed by atoms with van der Waals surface area (Å²) in [7, 11) is 1.64. The van der Waals surface area contributed by atoms with Gasteiger partial charge >= 0.3 is 0 Å². The number of ether oxygens (including phenoxy) is 2. The maximum Gasteiger partial charge on any atom is 0.216 e. The maximum atomic E-state index is 11.1. The molecule has 0 aliphatic heterocycles. The number of hydrogen-bond acceptors (Lipinski definition) is 4. The van der Waals surface area contributed by atoms with Crippen molar-refractivity contribution in [1.82, 2.24) is 14.9 Å². The Morgan fingerprint density at radius 3 is 2.63 bits per heavy atom.